The Morgan fingerprint density at radius 3 is 2.29 bits per heavy atom. The van der Waals surface area contributed by atoms with Crippen LogP contribution >= 0.6 is 0 Å². The highest BCUT2D eigenvalue weighted by Gasteiger charge is 2.26. The molecule has 2 aromatic rings. The van der Waals surface area contributed by atoms with Crippen LogP contribution in [0.4, 0.5) is 13.2 Å². The molecule has 3 nitrogen and oxygen atoms in total. The number of esters is 1. The summed E-state index contributed by atoms with van der Waals surface area (Å²) in [6.07, 6.45) is -0.383. The van der Waals surface area contributed by atoms with E-state index < -0.39 is 35.0 Å². The molecular weight excluding hydrogens is 367 g/mol. The molecule has 0 saturated carbocycles. The highest BCUT2D eigenvalue weighted by atomic mass is 19.1. The van der Waals surface area contributed by atoms with Gasteiger partial charge in [-0.1, -0.05) is 5.92 Å². The van der Waals surface area contributed by atoms with Crippen LogP contribution in [0.15, 0.2) is 18.2 Å². The van der Waals surface area contributed by atoms with Gasteiger partial charge in [0, 0.05) is 17.2 Å². The Hall–Kier alpha value is -2.78. The summed E-state index contributed by atoms with van der Waals surface area (Å²) in [6, 6.07) is 2.58. The summed E-state index contributed by atoms with van der Waals surface area (Å²) < 4.78 is 48.8. The maximum atomic E-state index is 15.4. The van der Waals surface area contributed by atoms with Crippen molar-refractivity contribution < 1.29 is 22.7 Å². The molecule has 2 N–H and O–H groups in total. The first-order valence-electron chi connectivity index (χ1n) is 8.84. The smallest absolute Gasteiger partial charge is 0.307 e. The predicted molar refractivity (Wildman–Crippen MR) is 102 cm³/mol. The molecule has 0 radical (unpaired) electrons. The van der Waals surface area contributed by atoms with Crippen LogP contribution in [-0.2, 0) is 9.53 Å². The van der Waals surface area contributed by atoms with Crippen LogP contribution in [0, 0.1) is 43.1 Å². The highest BCUT2D eigenvalue weighted by Crippen LogP contribution is 2.36. The van der Waals surface area contributed by atoms with Crippen molar-refractivity contribution in [2.75, 3.05) is 6.61 Å². The Kier molecular flexibility index (Phi) is 6.87. The first kappa shape index (κ1) is 21.5. The number of benzene rings is 2. The molecule has 0 aromatic heterocycles. The number of carbonyl (C=O) groups is 1. The topological polar surface area (TPSA) is 52.3 Å². The van der Waals surface area contributed by atoms with Gasteiger partial charge in [0.05, 0.1) is 18.6 Å². The number of carbonyl (C=O) groups excluding carboxylic acids is 1. The fourth-order valence-corrected chi connectivity index (χ4v) is 3.23. The van der Waals surface area contributed by atoms with E-state index in [2.05, 4.69) is 11.8 Å². The van der Waals surface area contributed by atoms with Gasteiger partial charge in [0.2, 0.25) is 0 Å². The second-order valence-corrected chi connectivity index (χ2v) is 6.42. The van der Waals surface area contributed by atoms with Crippen molar-refractivity contribution >= 4 is 5.97 Å². The first-order valence-corrected chi connectivity index (χ1v) is 8.84. The van der Waals surface area contributed by atoms with Crippen molar-refractivity contribution in [3.63, 3.8) is 0 Å². The van der Waals surface area contributed by atoms with Crippen molar-refractivity contribution in [1.29, 1.82) is 0 Å². The molecule has 0 amide bonds. The first-order chi connectivity index (χ1) is 13.2. The van der Waals surface area contributed by atoms with E-state index in [0.29, 0.717) is 16.7 Å². The van der Waals surface area contributed by atoms with Gasteiger partial charge < -0.3 is 10.5 Å². The van der Waals surface area contributed by atoms with Gasteiger partial charge in [-0.25, -0.2) is 13.2 Å². The summed E-state index contributed by atoms with van der Waals surface area (Å²) in [7, 11) is 0. The minimum absolute atomic E-state index is 0.0451. The minimum Gasteiger partial charge on any atom is -0.466 e. The van der Waals surface area contributed by atoms with E-state index in [1.165, 1.54) is 25.1 Å². The fraction of sp³-hybridized carbons (Fsp3) is 0.318. The summed E-state index contributed by atoms with van der Waals surface area (Å²) >= 11 is 0. The summed E-state index contributed by atoms with van der Waals surface area (Å²) in [5, 5.41) is 0. The Balaban J connectivity index is 2.74. The Labute approximate surface area is 162 Å². The van der Waals surface area contributed by atoms with Gasteiger partial charge in [0.15, 0.2) is 0 Å². The molecule has 6 heteroatoms. The molecular formula is C22H22F3NO2. The number of nitrogens with two attached hydrogens (primary N) is 1. The lowest BCUT2D eigenvalue weighted by atomic mass is 9.89. The maximum Gasteiger partial charge on any atom is 0.307 e. The van der Waals surface area contributed by atoms with Crippen LogP contribution in [0.25, 0.3) is 11.1 Å². The molecule has 0 aliphatic rings. The molecule has 1 unspecified atom stereocenters. The van der Waals surface area contributed by atoms with E-state index in [-0.39, 0.29) is 24.2 Å². The largest absolute Gasteiger partial charge is 0.466 e. The van der Waals surface area contributed by atoms with Crippen molar-refractivity contribution in [2.45, 2.75) is 40.2 Å². The lowest BCUT2D eigenvalue weighted by Crippen LogP contribution is -2.21. The van der Waals surface area contributed by atoms with Crippen LogP contribution in [-0.4, -0.2) is 12.6 Å². The zero-order valence-electron chi connectivity index (χ0n) is 16.3. The number of halogens is 3. The Morgan fingerprint density at radius 2 is 1.75 bits per heavy atom. The van der Waals surface area contributed by atoms with Crippen LogP contribution in [0.5, 0.6) is 0 Å². The van der Waals surface area contributed by atoms with E-state index in [4.69, 9.17) is 10.5 Å². The lowest BCUT2D eigenvalue weighted by molar-refractivity contribution is -0.143. The molecule has 0 spiro atoms. The molecule has 0 aliphatic heterocycles. The second-order valence-electron chi connectivity index (χ2n) is 6.42. The molecule has 28 heavy (non-hydrogen) atoms. The van der Waals surface area contributed by atoms with E-state index in [1.807, 2.05) is 0 Å². The molecule has 148 valence electrons. The number of aryl methyl sites for hydroxylation is 2. The zero-order valence-corrected chi connectivity index (χ0v) is 16.3. The van der Waals surface area contributed by atoms with Gasteiger partial charge in [-0.3, -0.25) is 4.79 Å². The predicted octanol–water partition coefficient (Wildman–Crippen LogP) is 4.71. The SMILES string of the molecule is CC#Cc1cc(-c2c(C)cc(F)cc2C)c(F)c(C(N)CC(=O)OCC)c1F. The number of hydrogen-bond acceptors (Lipinski definition) is 3. The van der Waals surface area contributed by atoms with Crippen molar-refractivity contribution in [3.05, 3.63) is 57.9 Å². The van der Waals surface area contributed by atoms with E-state index in [1.54, 1.807) is 20.8 Å². The van der Waals surface area contributed by atoms with Gasteiger partial charge in [-0.15, -0.1) is 5.92 Å². The lowest BCUT2D eigenvalue weighted by Gasteiger charge is -2.19. The van der Waals surface area contributed by atoms with Crippen molar-refractivity contribution in [3.8, 4) is 23.0 Å². The highest BCUT2D eigenvalue weighted by molar-refractivity contribution is 5.75. The fourth-order valence-electron chi connectivity index (χ4n) is 3.23. The average molecular weight is 389 g/mol. The monoisotopic (exact) mass is 389 g/mol. The Bertz CT molecular complexity index is 951. The average Bonchev–Trinajstić information content (AvgIpc) is 2.58. The number of ether oxygens (including phenoxy) is 1. The number of hydrogen-bond donors (Lipinski definition) is 1. The molecule has 0 fully saturated rings. The van der Waals surface area contributed by atoms with E-state index >= 15 is 4.39 Å². The van der Waals surface area contributed by atoms with Crippen LogP contribution in [0.2, 0.25) is 0 Å². The third kappa shape index (κ3) is 4.37. The number of rotatable bonds is 5. The normalized spacial score (nSPS) is 11.6. The summed E-state index contributed by atoms with van der Waals surface area (Å²) in [5.41, 5.74) is 6.94. The third-order valence-corrected chi connectivity index (χ3v) is 4.32. The van der Waals surface area contributed by atoms with Gasteiger partial charge >= 0.3 is 5.97 Å². The molecule has 2 rings (SSSR count). The van der Waals surface area contributed by atoms with Crippen LogP contribution in [0.1, 0.15) is 48.6 Å². The van der Waals surface area contributed by atoms with Crippen molar-refractivity contribution in [1.82, 2.24) is 0 Å². The molecule has 2 aromatic carbocycles. The van der Waals surface area contributed by atoms with Crippen molar-refractivity contribution in [2.24, 2.45) is 5.73 Å². The summed E-state index contributed by atoms with van der Waals surface area (Å²) in [5.74, 6) is 2.27. The van der Waals surface area contributed by atoms with Crippen LogP contribution < -0.4 is 5.73 Å². The second kappa shape index (κ2) is 8.94. The van der Waals surface area contributed by atoms with E-state index in [0.717, 1.165) is 0 Å². The minimum atomic E-state index is -1.25. The summed E-state index contributed by atoms with van der Waals surface area (Å²) in [6.45, 7) is 6.56. The molecule has 1 atom stereocenters. The molecule has 0 bridgehead atoms. The molecule has 0 saturated heterocycles. The standard InChI is InChI=1S/C22H22F3NO2/c1-5-7-14-10-16(19-12(3)8-15(23)9-13(19)4)22(25)20(21(14)24)17(26)11-18(27)28-6-2/h8-10,17H,6,11,26H2,1-4H3. The zero-order chi connectivity index (χ0) is 21.0. The van der Waals surface area contributed by atoms with Gasteiger partial charge in [0.1, 0.15) is 17.5 Å². The Morgan fingerprint density at radius 1 is 1.14 bits per heavy atom. The maximum absolute atomic E-state index is 15.4. The summed E-state index contributed by atoms with van der Waals surface area (Å²) in [4.78, 5) is 11.7. The van der Waals surface area contributed by atoms with Gasteiger partial charge in [0.25, 0.3) is 0 Å². The van der Waals surface area contributed by atoms with Gasteiger partial charge in [-0.2, -0.15) is 0 Å². The van der Waals surface area contributed by atoms with Crippen LogP contribution in [0.3, 0.4) is 0 Å². The molecule has 0 aliphatic carbocycles. The van der Waals surface area contributed by atoms with E-state index in [9.17, 15) is 13.6 Å². The quantitative estimate of drug-likeness (QED) is 0.595. The third-order valence-electron chi connectivity index (χ3n) is 4.32. The van der Waals surface area contributed by atoms with Gasteiger partial charge in [-0.05, 0) is 62.6 Å². The molecule has 0 heterocycles.